The van der Waals surface area contributed by atoms with Gasteiger partial charge in [-0.15, -0.1) is 0 Å². The zero-order valence-electron chi connectivity index (χ0n) is 10.3. The highest BCUT2D eigenvalue weighted by Gasteiger charge is 2.42. The van der Waals surface area contributed by atoms with Gasteiger partial charge in [-0.25, -0.2) is 0 Å². The van der Waals surface area contributed by atoms with Crippen molar-refractivity contribution < 1.29 is 0 Å². The molecule has 0 atom stereocenters. The summed E-state index contributed by atoms with van der Waals surface area (Å²) in [6.45, 7) is 0.911. The zero-order chi connectivity index (χ0) is 12.4. The highest BCUT2D eigenvalue weighted by molar-refractivity contribution is 5.93. The summed E-state index contributed by atoms with van der Waals surface area (Å²) in [5.74, 6) is 0. The second kappa shape index (κ2) is 4.34. The van der Waals surface area contributed by atoms with E-state index in [9.17, 15) is 0 Å². The molecule has 2 aromatic carbocycles. The van der Waals surface area contributed by atoms with Gasteiger partial charge < -0.3 is 5.32 Å². The molecule has 0 bridgehead atoms. The summed E-state index contributed by atoms with van der Waals surface area (Å²) in [5.41, 5.74) is 1.42. The van der Waals surface area contributed by atoms with Gasteiger partial charge in [-0.3, -0.25) is 0 Å². The van der Waals surface area contributed by atoms with Crippen LogP contribution in [0.2, 0.25) is 0 Å². The van der Waals surface area contributed by atoms with Crippen molar-refractivity contribution >= 4 is 16.5 Å². The van der Waals surface area contributed by atoms with Crippen LogP contribution in [0.25, 0.3) is 10.8 Å². The first-order valence-corrected chi connectivity index (χ1v) is 6.42. The van der Waals surface area contributed by atoms with Crippen molar-refractivity contribution in [3.8, 4) is 6.07 Å². The van der Waals surface area contributed by atoms with Crippen LogP contribution in [0.1, 0.15) is 19.3 Å². The molecule has 1 saturated carbocycles. The van der Waals surface area contributed by atoms with Crippen molar-refractivity contribution in [3.05, 3.63) is 42.5 Å². The highest BCUT2D eigenvalue weighted by atomic mass is 14.9. The molecule has 90 valence electrons. The molecule has 0 unspecified atom stereocenters. The van der Waals surface area contributed by atoms with Crippen molar-refractivity contribution in [1.29, 1.82) is 5.26 Å². The van der Waals surface area contributed by atoms with Gasteiger partial charge in [-0.05, 0) is 24.3 Å². The fourth-order valence-corrected chi connectivity index (χ4v) is 2.42. The molecule has 0 aliphatic heterocycles. The number of rotatable bonds is 4. The van der Waals surface area contributed by atoms with Crippen molar-refractivity contribution in [1.82, 2.24) is 0 Å². The Balaban J connectivity index is 1.81. The van der Waals surface area contributed by atoms with Crippen LogP contribution in [0.4, 0.5) is 5.69 Å². The van der Waals surface area contributed by atoms with Gasteiger partial charge in [0.25, 0.3) is 0 Å². The van der Waals surface area contributed by atoms with Gasteiger partial charge >= 0.3 is 0 Å². The number of benzene rings is 2. The monoisotopic (exact) mass is 236 g/mol. The molecule has 1 aliphatic rings. The van der Waals surface area contributed by atoms with Gasteiger partial charge in [0.05, 0.1) is 6.07 Å². The van der Waals surface area contributed by atoms with Gasteiger partial charge in [0.1, 0.15) is 0 Å². The first-order chi connectivity index (χ1) is 8.83. The van der Waals surface area contributed by atoms with Gasteiger partial charge in [0, 0.05) is 29.5 Å². The van der Waals surface area contributed by atoms with Crippen molar-refractivity contribution in [2.24, 2.45) is 5.41 Å². The molecule has 1 fully saturated rings. The topological polar surface area (TPSA) is 35.8 Å². The molecular weight excluding hydrogens is 220 g/mol. The number of nitrogens with zero attached hydrogens (tertiary/aromatic N) is 1. The molecule has 0 heterocycles. The summed E-state index contributed by atoms with van der Waals surface area (Å²) in [7, 11) is 0. The summed E-state index contributed by atoms with van der Waals surface area (Å²) < 4.78 is 0. The molecule has 18 heavy (non-hydrogen) atoms. The SMILES string of the molecule is N#CCC1(CNc2cccc3ccccc23)CC1. The van der Waals surface area contributed by atoms with Gasteiger partial charge in [-0.2, -0.15) is 5.26 Å². The second-order valence-corrected chi connectivity index (χ2v) is 5.22. The lowest BCUT2D eigenvalue weighted by Gasteiger charge is -2.15. The maximum absolute atomic E-state index is 8.83. The molecule has 2 aromatic rings. The van der Waals surface area contributed by atoms with E-state index >= 15 is 0 Å². The fraction of sp³-hybridized carbons (Fsp3) is 0.312. The molecule has 0 spiro atoms. The smallest absolute Gasteiger partial charge is 0.0628 e. The van der Waals surface area contributed by atoms with E-state index in [1.165, 1.54) is 29.3 Å². The lowest BCUT2D eigenvalue weighted by Crippen LogP contribution is -2.14. The average Bonchev–Trinajstić information content (AvgIpc) is 3.17. The van der Waals surface area contributed by atoms with E-state index in [4.69, 9.17) is 5.26 Å². The minimum atomic E-state index is 0.242. The predicted molar refractivity (Wildman–Crippen MR) is 74.3 cm³/mol. The van der Waals surface area contributed by atoms with Crippen LogP contribution in [0, 0.1) is 16.7 Å². The molecule has 0 aromatic heterocycles. The minimum absolute atomic E-state index is 0.242. The summed E-state index contributed by atoms with van der Waals surface area (Å²) in [6.07, 6.45) is 3.03. The summed E-state index contributed by atoms with van der Waals surface area (Å²) in [6, 6.07) is 17.0. The van der Waals surface area contributed by atoms with Crippen molar-refractivity contribution in [3.63, 3.8) is 0 Å². The van der Waals surface area contributed by atoms with E-state index in [0.29, 0.717) is 6.42 Å². The Labute approximate surface area is 107 Å². The van der Waals surface area contributed by atoms with Crippen LogP contribution < -0.4 is 5.32 Å². The number of nitrogens with one attached hydrogen (secondary N) is 1. The first-order valence-electron chi connectivity index (χ1n) is 6.42. The highest BCUT2D eigenvalue weighted by Crippen LogP contribution is 2.48. The Bertz CT molecular complexity index is 601. The lowest BCUT2D eigenvalue weighted by molar-refractivity contribution is 0.557. The van der Waals surface area contributed by atoms with E-state index in [2.05, 4.69) is 53.9 Å². The van der Waals surface area contributed by atoms with Crippen LogP contribution in [-0.2, 0) is 0 Å². The molecule has 3 rings (SSSR count). The number of fused-ring (bicyclic) bond motifs is 1. The van der Waals surface area contributed by atoms with Gasteiger partial charge in [-0.1, -0.05) is 36.4 Å². The number of hydrogen-bond acceptors (Lipinski definition) is 2. The Hall–Kier alpha value is -2.01. The third-order valence-electron chi connectivity index (χ3n) is 3.85. The summed E-state index contributed by atoms with van der Waals surface area (Å²) >= 11 is 0. The third kappa shape index (κ3) is 2.04. The molecule has 2 heteroatoms. The molecule has 0 amide bonds. The second-order valence-electron chi connectivity index (χ2n) is 5.22. The Morgan fingerprint density at radius 1 is 1.11 bits per heavy atom. The van der Waals surface area contributed by atoms with Crippen LogP contribution in [0.3, 0.4) is 0 Å². The quantitative estimate of drug-likeness (QED) is 0.872. The van der Waals surface area contributed by atoms with Crippen molar-refractivity contribution in [2.75, 3.05) is 11.9 Å². The molecule has 2 nitrogen and oxygen atoms in total. The van der Waals surface area contributed by atoms with Gasteiger partial charge in [0.2, 0.25) is 0 Å². The van der Waals surface area contributed by atoms with Crippen LogP contribution >= 0.6 is 0 Å². The van der Waals surface area contributed by atoms with E-state index in [0.717, 1.165) is 6.54 Å². The lowest BCUT2D eigenvalue weighted by atomic mass is 10.0. The maximum Gasteiger partial charge on any atom is 0.0628 e. The summed E-state index contributed by atoms with van der Waals surface area (Å²) in [5, 5.41) is 14.9. The van der Waals surface area contributed by atoms with Crippen LogP contribution in [-0.4, -0.2) is 6.54 Å². The van der Waals surface area contributed by atoms with E-state index < -0.39 is 0 Å². The number of anilines is 1. The Morgan fingerprint density at radius 3 is 2.67 bits per heavy atom. The third-order valence-corrected chi connectivity index (χ3v) is 3.85. The minimum Gasteiger partial charge on any atom is -0.384 e. The standard InChI is InChI=1S/C16H16N2/c17-11-10-16(8-9-16)12-18-15-7-3-5-13-4-1-2-6-14(13)15/h1-7,18H,8-10,12H2. The average molecular weight is 236 g/mol. The zero-order valence-corrected chi connectivity index (χ0v) is 10.3. The van der Waals surface area contributed by atoms with Crippen LogP contribution in [0.5, 0.6) is 0 Å². The maximum atomic E-state index is 8.83. The first kappa shape index (κ1) is 11.1. The fourth-order valence-electron chi connectivity index (χ4n) is 2.42. The normalized spacial score (nSPS) is 16.2. The Kier molecular flexibility index (Phi) is 2.68. The molecule has 1 aliphatic carbocycles. The number of nitriles is 1. The summed E-state index contributed by atoms with van der Waals surface area (Å²) in [4.78, 5) is 0. The van der Waals surface area contributed by atoms with E-state index in [-0.39, 0.29) is 5.41 Å². The molecule has 0 radical (unpaired) electrons. The largest absolute Gasteiger partial charge is 0.384 e. The molecule has 1 N–H and O–H groups in total. The Morgan fingerprint density at radius 2 is 1.89 bits per heavy atom. The van der Waals surface area contributed by atoms with Crippen LogP contribution in [0.15, 0.2) is 42.5 Å². The molecular formula is C16H16N2. The van der Waals surface area contributed by atoms with E-state index in [1.807, 2.05) is 0 Å². The van der Waals surface area contributed by atoms with Gasteiger partial charge in [0.15, 0.2) is 0 Å². The predicted octanol–water partition coefficient (Wildman–Crippen LogP) is 3.95. The molecule has 0 saturated heterocycles. The van der Waals surface area contributed by atoms with Crippen molar-refractivity contribution in [2.45, 2.75) is 19.3 Å². The van der Waals surface area contributed by atoms with E-state index in [1.54, 1.807) is 0 Å². The number of hydrogen-bond donors (Lipinski definition) is 1.